The van der Waals surface area contributed by atoms with E-state index in [1.54, 1.807) is 7.11 Å². The molecule has 5 aromatic carbocycles. The molecule has 0 aliphatic rings. The molecule has 0 saturated carbocycles. The number of ether oxygens (including phenoxy) is 2. The number of rotatable bonds is 8. The van der Waals surface area contributed by atoms with Gasteiger partial charge < -0.3 is 9.47 Å². The van der Waals surface area contributed by atoms with Gasteiger partial charge in [0.15, 0.2) is 0 Å². The molecule has 0 aliphatic heterocycles. The Hall–Kier alpha value is -4.30. The summed E-state index contributed by atoms with van der Waals surface area (Å²) in [6.07, 6.45) is 1.85. The number of benzene rings is 5. The zero-order chi connectivity index (χ0) is 24.7. The Bertz CT molecular complexity index is 1380. The molecule has 0 fully saturated rings. The van der Waals surface area contributed by atoms with E-state index in [-0.39, 0.29) is 0 Å². The van der Waals surface area contributed by atoms with Gasteiger partial charge in [0.2, 0.25) is 0 Å². The molecule has 0 N–H and O–H groups in total. The van der Waals surface area contributed by atoms with Crippen molar-refractivity contribution in [3.8, 4) is 28.4 Å². The normalized spacial score (nSPS) is 10.7. The van der Waals surface area contributed by atoms with Crippen LogP contribution in [0, 0.1) is 6.92 Å². The average molecular weight is 471 g/mol. The molecule has 0 spiro atoms. The standard InChI is InChI=1S/C34H30O2/c1-25-3-5-26(6-4-25)23-27-7-13-30(14-8-27)31-15-9-28(10-16-31)24-29-11-17-33(18-12-29)36-34-21-19-32(35-2)20-22-34/h3-22H,23-24H2,1-2H3. The molecule has 0 unspecified atom stereocenters. The maximum absolute atomic E-state index is 5.94. The van der Waals surface area contributed by atoms with Crippen LogP contribution in [-0.2, 0) is 12.8 Å². The maximum atomic E-state index is 5.94. The van der Waals surface area contributed by atoms with Crippen LogP contribution in [0.25, 0.3) is 11.1 Å². The molecule has 5 rings (SSSR count). The molecule has 0 aliphatic carbocycles. The Labute approximate surface area is 213 Å². The number of methoxy groups -OCH3 is 1. The van der Waals surface area contributed by atoms with Crippen LogP contribution in [0.1, 0.15) is 27.8 Å². The molecule has 0 saturated heterocycles. The van der Waals surface area contributed by atoms with Gasteiger partial charge in [0, 0.05) is 0 Å². The summed E-state index contributed by atoms with van der Waals surface area (Å²) in [5.41, 5.74) is 9.01. The van der Waals surface area contributed by atoms with Gasteiger partial charge in [-0.25, -0.2) is 0 Å². The predicted molar refractivity (Wildman–Crippen MR) is 148 cm³/mol. The van der Waals surface area contributed by atoms with E-state index in [1.807, 2.05) is 36.4 Å². The van der Waals surface area contributed by atoms with Gasteiger partial charge >= 0.3 is 0 Å². The topological polar surface area (TPSA) is 18.5 Å². The van der Waals surface area contributed by atoms with Crippen molar-refractivity contribution in [3.63, 3.8) is 0 Å². The largest absolute Gasteiger partial charge is 0.497 e. The molecule has 0 aromatic heterocycles. The van der Waals surface area contributed by atoms with Crippen LogP contribution in [0.4, 0.5) is 0 Å². The van der Waals surface area contributed by atoms with Crippen LogP contribution in [0.15, 0.2) is 121 Å². The monoisotopic (exact) mass is 470 g/mol. The minimum atomic E-state index is 0.794. The van der Waals surface area contributed by atoms with Crippen LogP contribution in [0.5, 0.6) is 17.2 Å². The Morgan fingerprint density at radius 3 is 1.17 bits per heavy atom. The molecule has 2 heteroatoms. The lowest BCUT2D eigenvalue weighted by atomic mass is 9.98. The highest BCUT2D eigenvalue weighted by molar-refractivity contribution is 5.64. The van der Waals surface area contributed by atoms with Gasteiger partial charge in [0.05, 0.1) is 7.11 Å². The first-order valence-corrected chi connectivity index (χ1v) is 12.3. The Kier molecular flexibility index (Phi) is 7.14. The van der Waals surface area contributed by atoms with E-state index >= 15 is 0 Å². The smallest absolute Gasteiger partial charge is 0.127 e. The highest BCUT2D eigenvalue weighted by Crippen LogP contribution is 2.26. The van der Waals surface area contributed by atoms with Crippen molar-refractivity contribution < 1.29 is 9.47 Å². The Balaban J connectivity index is 1.18. The number of hydrogen-bond donors (Lipinski definition) is 0. The fourth-order valence-corrected chi connectivity index (χ4v) is 4.26. The third-order valence-corrected chi connectivity index (χ3v) is 6.40. The highest BCUT2D eigenvalue weighted by Gasteiger charge is 2.03. The van der Waals surface area contributed by atoms with E-state index in [2.05, 4.69) is 91.9 Å². The van der Waals surface area contributed by atoms with Crippen molar-refractivity contribution >= 4 is 0 Å². The summed E-state index contributed by atoms with van der Waals surface area (Å²) in [6.45, 7) is 2.12. The molecule has 0 heterocycles. The molecule has 5 aromatic rings. The fraction of sp³-hybridized carbons (Fsp3) is 0.118. The maximum Gasteiger partial charge on any atom is 0.127 e. The first kappa shape index (κ1) is 23.4. The minimum Gasteiger partial charge on any atom is -0.497 e. The van der Waals surface area contributed by atoms with E-state index in [1.165, 1.54) is 38.9 Å². The van der Waals surface area contributed by atoms with Crippen molar-refractivity contribution in [2.45, 2.75) is 19.8 Å². The first-order valence-electron chi connectivity index (χ1n) is 12.3. The van der Waals surface area contributed by atoms with Crippen molar-refractivity contribution in [2.75, 3.05) is 7.11 Å². The summed E-state index contributed by atoms with van der Waals surface area (Å²) in [7, 11) is 1.66. The summed E-state index contributed by atoms with van der Waals surface area (Å²) in [4.78, 5) is 0. The van der Waals surface area contributed by atoms with Crippen LogP contribution in [0.2, 0.25) is 0 Å². The molecule has 0 amide bonds. The van der Waals surface area contributed by atoms with E-state index in [9.17, 15) is 0 Å². The third-order valence-electron chi connectivity index (χ3n) is 6.40. The zero-order valence-corrected chi connectivity index (χ0v) is 20.8. The lowest BCUT2D eigenvalue weighted by molar-refractivity contribution is 0.413. The Morgan fingerprint density at radius 2 is 0.750 bits per heavy atom. The predicted octanol–water partition coefficient (Wildman–Crippen LogP) is 8.64. The molecule has 0 radical (unpaired) electrons. The van der Waals surface area contributed by atoms with E-state index < -0.39 is 0 Å². The second kappa shape index (κ2) is 11.0. The van der Waals surface area contributed by atoms with E-state index in [0.29, 0.717) is 0 Å². The van der Waals surface area contributed by atoms with Gasteiger partial charge in [-0.1, -0.05) is 90.5 Å². The lowest BCUT2D eigenvalue weighted by Crippen LogP contribution is -1.90. The van der Waals surface area contributed by atoms with Crippen LogP contribution >= 0.6 is 0 Å². The second-order valence-electron chi connectivity index (χ2n) is 9.15. The summed E-state index contributed by atoms with van der Waals surface area (Å²) >= 11 is 0. The van der Waals surface area contributed by atoms with E-state index in [4.69, 9.17) is 9.47 Å². The van der Waals surface area contributed by atoms with Crippen LogP contribution in [-0.4, -0.2) is 7.11 Å². The first-order chi connectivity index (χ1) is 17.6. The van der Waals surface area contributed by atoms with Gasteiger partial charge in [0.25, 0.3) is 0 Å². The highest BCUT2D eigenvalue weighted by atomic mass is 16.5. The molecule has 2 nitrogen and oxygen atoms in total. The van der Waals surface area contributed by atoms with Gasteiger partial charge in [0.1, 0.15) is 17.2 Å². The fourth-order valence-electron chi connectivity index (χ4n) is 4.26. The quantitative estimate of drug-likeness (QED) is 0.226. The van der Waals surface area contributed by atoms with Gasteiger partial charge in [-0.2, -0.15) is 0 Å². The number of hydrogen-bond acceptors (Lipinski definition) is 2. The van der Waals surface area contributed by atoms with Gasteiger partial charge in [-0.15, -0.1) is 0 Å². The molecular formula is C34H30O2. The van der Waals surface area contributed by atoms with Crippen molar-refractivity contribution in [3.05, 3.63) is 149 Å². The van der Waals surface area contributed by atoms with Crippen LogP contribution in [0.3, 0.4) is 0 Å². The van der Waals surface area contributed by atoms with Crippen molar-refractivity contribution in [1.29, 1.82) is 0 Å². The average Bonchev–Trinajstić information content (AvgIpc) is 2.92. The van der Waals surface area contributed by atoms with Gasteiger partial charge in [-0.05, 0) is 89.5 Å². The Morgan fingerprint density at radius 1 is 0.417 bits per heavy atom. The summed E-state index contributed by atoms with van der Waals surface area (Å²) < 4.78 is 11.1. The SMILES string of the molecule is COc1ccc(Oc2ccc(Cc3ccc(-c4ccc(Cc5ccc(C)cc5)cc4)cc3)cc2)cc1. The van der Waals surface area contributed by atoms with Crippen molar-refractivity contribution in [2.24, 2.45) is 0 Å². The minimum absolute atomic E-state index is 0.794. The molecule has 36 heavy (non-hydrogen) atoms. The van der Waals surface area contributed by atoms with Gasteiger partial charge in [-0.3, -0.25) is 0 Å². The van der Waals surface area contributed by atoms with E-state index in [0.717, 1.165) is 30.1 Å². The molecule has 0 bridgehead atoms. The summed E-state index contributed by atoms with van der Waals surface area (Å²) in [6, 6.07) is 42.5. The van der Waals surface area contributed by atoms with Crippen molar-refractivity contribution in [1.82, 2.24) is 0 Å². The summed E-state index contributed by atoms with van der Waals surface area (Å²) in [5.74, 6) is 2.44. The summed E-state index contributed by atoms with van der Waals surface area (Å²) in [5, 5.41) is 0. The zero-order valence-electron chi connectivity index (χ0n) is 20.8. The molecular weight excluding hydrogens is 440 g/mol. The van der Waals surface area contributed by atoms with Crippen LogP contribution < -0.4 is 9.47 Å². The lowest BCUT2D eigenvalue weighted by Gasteiger charge is -2.09. The second-order valence-corrected chi connectivity index (χ2v) is 9.15. The third kappa shape index (κ3) is 6.03. The molecule has 178 valence electrons. The molecule has 0 atom stereocenters. The number of aryl methyl sites for hydroxylation is 1.